The average molecular weight is 314 g/mol. The highest BCUT2D eigenvalue weighted by Gasteiger charge is 2.14. The number of unbranched alkanes of at least 4 members (excludes halogenated alkanes) is 13. The predicted octanol–water partition coefficient (Wildman–Crippen LogP) is 6.59. The molecule has 0 aromatic rings. The Labute approximate surface area is 137 Å². The molecule has 0 N–H and O–H groups in total. The van der Waals surface area contributed by atoms with Gasteiger partial charge in [0.25, 0.3) is 0 Å². The smallest absolute Gasteiger partial charge is 0.0654 e. The van der Waals surface area contributed by atoms with Crippen LogP contribution >= 0.6 is 11.9 Å². The molecule has 1 rings (SSSR count). The minimum Gasteiger partial charge on any atom is -0.0654 e. The van der Waals surface area contributed by atoms with Gasteiger partial charge in [0.15, 0.2) is 18.5 Å². The Morgan fingerprint density at radius 1 is 0.714 bits per heavy atom. The molecule has 0 aromatic carbocycles. The first kappa shape index (κ1) is 19.0. The van der Waals surface area contributed by atoms with Gasteiger partial charge in [0.2, 0.25) is 0 Å². The van der Waals surface area contributed by atoms with Crippen LogP contribution in [0.4, 0.5) is 0 Å². The monoisotopic (exact) mass is 313 g/mol. The molecule has 1 heterocycles. The summed E-state index contributed by atoms with van der Waals surface area (Å²) in [7, 11) is 0. The second-order valence-corrected chi connectivity index (χ2v) is 7.46. The standard InChI is InChI=1S/C18H37N2S/c1-2-3-4-5-6-7-8-9-10-11-12-13-14-15-17-20-19-16-18-21-20/h2-18H2,1H3/q+1. The quantitative estimate of drug-likeness (QED) is 0.189. The summed E-state index contributed by atoms with van der Waals surface area (Å²) in [6, 6.07) is 0. The SMILES string of the molecule is CCCCCCCCCCCCCCCC[N+]1=NCCS1. The van der Waals surface area contributed by atoms with Crippen molar-refractivity contribution in [2.45, 2.75) is 96.8 Å². The summed E-state index contributed by atoms with van der Waals surface area (Å²) in [6.45, 7) is 4.49. The Balaban J connectivity index is 1.67. The van der Waals surface area contributed by atoms with Gasteiger partial charge in [0.05, 0.1) is 5.75 Å². The number of hydrogen-bond acceptors (Lipinski definition) is 2. The third-order valence-corrected chi connectivity index (χ3v) is 5.25. The van der Waals surface area contributed by atoms with Gasteiger partial charge in [-0.05, 0) is 11.5 Å². The zero-order valence-electron chi connectivity index (χ0n) is 14.3. The Hall–Kier alpha value is -0.0500. The van der Waals surface area contributed by atoms with Crippen LogP contribution in [0.15, 0.2) is 5.11 Å². The van der Waals surface area contributed by atoms with Gasteiger partial charge in [-0.1, -0.05) is 88.1 Å². The van der Waals surface area contributed by atoms with Crippen molar-refractivity contribution in [2.24, 2.45) is 5.11 Å². The lowest BCUT2D eigenvalue weighted by atomic mass is 10.0. The van der Waals surface area contributed by atoms with E-state index in [1.54, 1.807) is 0 Å². The maximum atomic E-state index is 4.43. The third kappa shape index (κ3) is 12.2. The maximum Gasteiger partial charge on any atom is 0.188 e. The fourth-order valence-corrected chi connectivity index (χ4v) is 3.71. The lowest BCUT2D eigenvalue weighted by molar-refractivity contribution is -0.421. The lowest BCUT2D eigenvalue weighted by Crippen LogP contribution is -1.98. The van der Waals surface area contributed by atoms with Gasteiger partial charge in [-0.25, -0.2) is 0 Å². The summed E-state index contributed by atoms with van der Waals surface area (Å²) in [5.74, 6) is 1.19. The van der Waals surface area contributed by atoms with Gasteiger partial charge in [0, 0.05) is 6.42 Å². The number of azo groups is 1. The second kappa shape index (κ2) is 14.9. The molecule has 0 aromatic heterocycles. The summed E-state index contributed by atoms with van der Waals surface area (Å²) in [6.07, 6.45) is 20.1. The molecule has 0 unspecified atom stereocenters. The molecule has 0 atom stereocenters. The summed E-state index contributed by atoms with van der Waals surface area (Å²) in [5.41, 5.74) is 0. The van der Waals surface area contributed by atoms with Crippen LogP contribution in [0, 0.1) is 0 Å². The molecule has 2 nitrogen and oxygen atoms in total. The number of hydrogen-bond donors (Lipinski definition) is 0. The van der Waals surface area contributed by atoms with Crippen LogP contribution in [0.3, 0.4) is 0 Å². The van der Waals surface area contributed by atoms with E-state index < -0.39 is 0 Å². The highest BCUT2D eigenvalue weighted by Crippen LogP contribution is 2.15. The van der Waals surface area contributed by atoms with E-state index in [-0.39, 0.29) is 0 Å². The maximum absolute atomic E-state index is 4.43. The molecule has 124 valence electrons. The van der Waals surface area contributed by atoms with Crippen molar-refractivity contribution in [3.8, 4) is 0 Å². The van der Waals surface area contributed by atoms with E-state index in [0.29, 0.717) is 0 Å². The number of nitrogens with zero attached hydrogens (tertiary/aromatic N) is 2. The molecular weight excluding hydrogens is 276 g/mol. The van der Waals surface area contributed by atoms with Gasteiger partial charge in [0.1, 0.15) is 6.54 Å². The van der Waals surface area contributed by atoms with E-state index in [4.69, 9.17) is 0 Å². The fraction of sp³-hybridized carbons (Fsp3) is 1.00. The van der Waals surface area contributed by atoms with E-state index >= 15 is 0 Å². The van der Waals surface area contributed by atoms with Crippen LogP contribution in [0.1, 0.15) is 96.8 Å². The zero-order chi connectivity index (χ0) is 15.0. The molecule has 0 aliphatic carbocycles. The molecule has 0 radical (unpaired) electrons. The van der Waals surface area contributed by atoms with Crippen LogP contribution in [0.5, 0.6) is 0 Å². The topological polar surface area (TPSA) is 15.4 Å². The Morgan fingerprint density at radius 3 is 1.62 bits per heavy atom. The van der Waals surface area contributed by atoms with Crippen molar-refractivity contribution in [1.82, 2.24) is 0 Å². The first-order valence-corrected chi connectivity index (χ1v) is 10.5. The van der Waals surface area contributed by atoms with Gasteiger partial charge < -0.3 is 0 Å². The summed E-state index contributed by atoms with van der Waals surface area (Å²) in [5, 5.41) is 4.43. The van der Waals surface area contributed by atoms with E-state index in [1.165, 1.54) is 102 Å². The van der Waals surface area contributed by atoms with Crippen molar-refractivity contribution in [1.29, 1.82) is 0 Å². The number of rotatable bonds is 15. The zero-order valence-corrected chi connectivity index (χ0v) is 15.1. The van der Waals surface area contributed by atoms with Crippen molar-refractivity contribution < 1.29 is 4.10 Å². The molecule has 1 aliphatic heterocycles. The summed E-state index contributed by atoms with van der Waals surface area (Å²) < 4.78 is 2.19. The Morgan fingerprint density at radius 2 is 1.19 bits per heavy atom. The normalized spacial score (nSPS) is 14.6. The molecule has 1 aliphatic rings. The Bertz CT molecular complexity index is 254. The molecule has 0 bridgehead atoms. The van der Waals surface area contributed by atoms with Crippen molar-refractivity contribution in [2.75, 3.05) is 18.8 Å². The van der Waals surface area contributed by atoms with E-state index in [2.05, 4.69) is 16.1 Å². The summed E-state index contributed by atoms with van der Waals surface area (Å²) >= 11 is 1.89. The second-order valence-electron chi connectivity index (χ2n) is 6.37. The van der Waals surface area contributed by atoms with Crippen LogP contribution in [0.2, 0.25) is 0 Å². The lowest BCUT2D eigenvalue weighted by Gasteiger charge is -2.02. The van der Waals surface area contributed by atoms with Gasteiger partial charge in [-0.2, -0.15) is 0 Å². The minimum absolute atomic E-state index is 1.03. The fourth-order valence-electron chi connectivity index (χ4n) is 2.92. The van der Waals surface area contributed by atoms with Crippen molar-refractivity contribution in [3.63, 3.8) is 0 Å². The Kier molecular flexibility index (Phi) is 13.5. The van der Waals surface area contributed by atoms with Crippen LogP contribution in [-0.4, -0.2) is 22.9 Å². The van der Waals surface area contributed by atoms with Crippen LogP contribution < -0.4 is 0 Å². The third-order valence-electron chi connectivity index (χ3n) is 4.29. The van der Waals surface area contributed by atoms with E-state index in [0.717, 1.165) is 6.54 Å². The molecule has 3 heteroatoms. The van der Waals surface area contributed by atoms with E-state index in [9.17, 15) is 0 Å². The minimum atomic E-state index is 1.03. The van der Waals surface area contributed by atoms with Gasteiger partial charge in [-0.15, -0.1) is 0 Å². The molecule has 0 saturated heterocycles. The predicted molar refractivity (Wildman–Crippen MR) is 95.2 cm³/mol. The first-order valence-electron chi connectivity index (χ1n) is 9.51. The molecule has 0 amide bonds. The van der Waals surface area contributed by atoms with Crippen molar-refractivity contribution >= 4 is 11.9 Å². The molecular formula is C18H37N2S+. The average Bonchev–Trinajstić information content (AvgIpc) is 3.01. The van der Waals surface area contributed by atoms with Crippen LogP contribution in [0.25, 0.3) is 0 Å². The highest BCUT2D eigenvalue weighted by molar-refractivity contribution is 7.93. The van der Waals surface area contributed by atoms with Gasteiger partial charge in [-0.3, -0.25) is 0 Å². The van der Waals surface area contributed by atoms with Gasteiger partial charge >= 0.3 is 0 Å². The highest BCUT2D eigenvalue weighted by atomic mass is 32.2. The molecule has 0 fully saturated rings. The summed E-state index contributed by atoms with van der Waals surface area (Å²) in [4.78, 5) is 0. The molecule has 0 saturated carbocycles. The largest absolute Gasteiger partial charge is 0.188 e. The van der Waals surface area contributed by atoms with Crippen molar-refractivity contribution in [3.05, 3.63) is 0 Å². The van der Waals surface area contributed by atoms with Crippen LogP contribution in [-0.2, 0) is 0 Å². The molecule has 21 heavy (non-hydrogen) atoms. The first-order chi connectivity index (χ1) is 10.4. The molecule has 0 spiro atoms. The van der Waals surface area contributed by atoms with E-state index in [1.807, 2.05) is 11.9 Å².